The second-order valence-corrected chi connectivity index (χ2v) is 6.17. The average molecular weight is 365 g/mol. The van der Waals surface area contributed by atoms with Crippen LogP contribution < -0.4 is 10.2 Å². The Morgan fingerprint density at radius 2 is 2.05 bits per heavy atom. The van der Waals surface area contributed by atoms with Gasteiger partial charge < -0.3 is 10.2 Å². The first kappa shape index (κ1) is 16.3. The van der Waals surface area contributed by atoms with Crippen molar-refractivity contribution < 1.29 is 18.0 Å². The van der Waals surface area contributed by atoms with Crippen LogP contribution in [0.15, 0.2) is 22.7 Å². The molecular formula is C14H16BrF3N2O. The lowest BCUT2D eigenvalue weighted by Crippen LogP contribution is -2.41. The predicted molar refractivity (Wildman–Crippen MR) is 78.2 cm³/mol. The highest BCUT2D eigenvalue weighted by Gasteiger charge is 2.36. The van der Waals surface area contributed by atoms with E-state index in [1.807, 2.05) is 13.8 Å². The number of nitrogens with zero attached hydrogens (tertiary/aromatic N) is 1. The Morgan fingerprint density at radius 3 is 2.62 bits per heavy atom. The van der Waals surface area contributed by atoms with Crippen molar-refractivity contribution in [2.45, 2.75) is 38.5 Å². The van der Waals surface area contributed by atoms with Gasteiger partial charge in [-0.3, -0.25) is 4.79 Å². The zero-order valence-electron chi connectivity index (χ0n) is 11.7. The lowest BCUT2D eigenvalue weighted by Gasteiger charge is -2.20. The van der Waals surface area contributed by atoms with E-state index in [1.54, 1.807) is 0 Å². The van der Waals surface area contributed by atoms with Gasteiger partial charge in [0.2, 0.25) is 5.91 Å². The Labute approximate surface area is 129 Å². The largest absolute Gasteiger partial charge is 0.417 e. The fourth-order valence-electron chi connectivity index (χ4n) is 2.39. The SMILES string of the molecule is CC(C)NC1CCN(c2ccc(Br)c(C(F)(F)F)c2)C1=O. The average Bonchev–Trinajstić information content (AvgIpc) is 2.70. The summed E-state index contributed by atoms with van der Waals surface area (Å²) in [4.78, 5) is 13.7. The minimum atomic E-state index is -4.45. The molecule has 1 fully saturated rings. The molecule has 1 unspecified atom stereocenters. The number of alkyl halides is 3. The van der Waals surface area contributed by atoms with Crippen LogP contribution in [0.25, 0.3) is 0 Å². The number of hydrogen-bond donors (Lipinski definition) is 1. The van der Waals surface area contributed by atoms with E-state index in [0.717, 1.165) is 6.07 Å². The first-order valence-electron chi connectivity index (χ1n) is 6.64. The number of halogens is 4. The topological polar surface area (TPSA) is 32.3 Å². The Morgan fingerprint density at radius 1 is 1.38 bits per heavy atom. The number of nitrogens with one attached hydrogen (secondary N) is 1. The van der Waals surface area contributed by atoms with Gasteiger partial charge in [-0.1, -0.05) is 29.8 Å². The maximum Gasteiger partial charge on any atom is 0.417 e. The first-order valence-corrected chi connectivity index (χ1v) is 7.43. The second kappa shape index (κ2) is 5.96. The van der Waals surface area contributed by atoms with Gasteiger partial charge >= 0.3 is 6.18 Å². The first-order chi connectivity index (χ1) is 9.70. The Kier molecular flexibility index (Phi) is 4.63. The third-order valence-corrected chi connectivity index (χ3v) is 4.00. The molecule has 0 saturated carbocycles. The van der Waals surface area contributed by atoms with Gasteiger partial charge in [0.25, 0.3) is 0 Å². The van der Waals surface area contributed by atoms with E-state index in [0.29, 0.717) is 13.0 Å². The van der Waals surface area contributed by atoms with Crippen molar-refractivity contribution in [1.82, 2.24) is 5.32 Å². The van der Waals surface area contributed by atoms with E-state index in [4.69, 9.17) is 0 Å². The quantitative estimate of drug-likeness (QED) is 0.888. The molecule has 0 aliphatic carbocycles. The molecule has 1 atom stereocenters. The van der Waals surface area contributed by atoms with Crippen LogP contribution in [-0.4, -0.2) is 24.5 Å². The number of benzene rings is 1. The molecule has 116 valence electrons. The highest BCUT2D eigenvalue weighted by atomic mass is 79.9. The van der Waals surface area contributed by atoms with Crippen LogP contribution in [0.4, 0.5) is 18.9 Å². The maximum atomic E-state index is 12.9. The highest BCUT2D eigenvalue weighted by molar-refractivity contribution is 9.10. The summed E-state index contributed by atoms with van der Waals surface area (Å²) >= 11 is 2.90. The number of anilines is 1. The summed E-state index contributed by atoms with van der Waals surface area (Å²) in [6.45, 7) is 4.27. The van der Waals surface area contributed by atoms with Crippen LogP contribution in [0.2, 0.25) is 0 Å². The molecule has 1 saturated heterocycles. The fourth-order valence-corrected chi connectivity index (χ4v) is 2.86. The molecule has 1 aliphatic rings. The number of amides is 1. The molecule has 2 rings (SSSR count). The van der Waals surface area contributed by atoms with Gasteiger partial charge in [-0.05, 0) is 24.6 Å². The van der Waals surface area contributed by atoms with E-state index in [-0.39, 0.29) is 28.2 Å². The van der Waals surface area contributed by atoms with Crippen molar-refractivity contribution in [1.29, 1.82) is 0 Å². The molecule has 3 nitrogen and oxygen atoms in total. The van der Waals surface area contributed by atoms with Gasteiger partial charge in [-0.2, -0.15) is 13.2 Å². The van der Waals surface area contributed by atoms with Gasteiger partial charge in [-0.25, -0.2) is 0 Å². The maximum absolute atomic E-state index is 12.9. The van der Waals surface area contributed by atoms with Crippen molar-refractivity contribution in [2.24, 2.45) is 0 Å². The summed E-state index contributed by atoms with van der Waals surface area (Å²) < 4.78 is 38.7. The van der Waals surface area contributed by atoms with Crippen molar-refractivity contribution in [3.8, 4) is 0 Å². The van der Waals surface area contributed by atoms with E-state index in [9.17, 15) is 18.0 Å². The van der Waals surface area contributed by atoms with Crippen molar-refractivity contribution in [3.63, 3.8) is 0 Å². The third-order valence-electron chi connectivity index (χ3n) is 3.31. The van der Waals surface area contributed by atoms with Crippen LogP contribution in [0.1, 0.15) is 25.8 Å². The van der Waals surface area contributed by atoms with Gasteiger partial charge in [-0.15, -0.1) is 0 Å². The molecule has 1 N–H and O–H groups in total. The van der Waals surface area contributed by atoms with Crippen molar-refractivity contribution >= 4 is 27.5 Å². The number of carbonyl (C=O) groups excluding carboxylic acids is 1. The smallest absolute Gasteiger partial charge is 0.311 e. The standard InChI is InChI=1S/C14H16BrF3N2O/c1-8(2)19-12-5-6-20(13(12)21)9-3-4-11(15)10(7-9)14(16,17)18/h3-4,7-8,12,19H,5-6H2,1-2H3. The van der Waals surface area contributed by atoms with Gasteiger partial charge in [0.1, 0.15) is 0 Å². The van der Waals surface area contributed by atoms with Crippen LogP contribution in [0, 0.1) is 0 Å². The molecule has 0 aromatic heterocycles. The van der Waals surface area contributed by atoms with Crippen LogP contribution in [-0.2, 0) is 11.0 Å². The van der Waals surface area contributed by atoms with Crippen molar-refractivity contribution in [2.75, 3.05) is 11.4 Å². The molecular weight excluding hydrogens is 349 g/mol. The van der Waals surface area contributed by atoms with Crippen LogP contribution in [0.3, 0.4) is 0 Å². The monoisotopic (exact) mass is 364 g/mol. The number of rotatable bonds is 3. The molecule has 0 bridgehead atoms. The highest BCUT2D eigenvalue weighted by Crippen LogP contribution is 2.37. The summed E-state index contributed by atoms with van der Waals surface area (Å²) in [6, 6.07) is 3.68. The van der Waals surface area contributed by atoms with Gasteiger partial charge in [0, 0.05) is 22.7 Å². The fraction of sp³-hybridized carbons (Fsp3) is 0.500. The summed E-state index contributed by atoms with van der Waals surface area (Å²) in [6.07, 6.45) is -3.86. The summed E-state index contributed by atoms with van der Waals surface area (Å²) in [5.74, 6) is -0.181. The molecule has 21 heavy (non-hydrogen) atoms. The molecule has 1 aromatic carbocycles. The molecule has 1 heterocycles. The molecule has 1 aromatic rings. The predicted octanol–water partition coefficient (Wildman–Crippen LogP) is 3.57. The van der Waals surface area contributed by atoms with Crippen LogP contribution in [0.5, 0.6) is 0 Å². The lowest BCUT2D eigenvalue weighted by atomic mass is 10.2. The van der Waals surface area contributed by atoms with E-state index < -0.39 is 11.7 Å². The minimum absolute atomic E-state index is 0.0257. The lowest BCUT2D eigenvalue weighted by molar-refractivity contribution is -0.138. The zero-order valence-corrected chi connectivity index (χ0v) is 13.3. The molecule has 0 radical (unpaired) electrons. The Bertz CT molecular complexity index is 546. The molecule has 0 spiro atoms. The second-order valence-electron chi connectivity index (χ2n) is 5.31. The third kappa shape index (κ3) is 3.58. The van der Waals surface area contributed by atoms with Gasteiger partial charge in [0.15, 0.2) is 0 Å². The van der Waals surface area contributed by atoms with Crippen LogP contribution >= 0.6 is 15.9 Å². The van der Waals surface area contributed by atoms with E-state index in [2.05, 4.69) is 21.2 Å². The summed E-state index contributed by atoms with van der Waals surface area (Å²) in [5, 5.41) is 3.12. The number of carbonyl (C=O) groups is 1. The van der Waals surface area contributed by atoms with Gasteiger partial charge in [0.05, 0.1) is 11.6 Å². The molecule has 7 heteroatoms. The number of hydrogen-bond acceptors (Lipinski definition) is 2. The molecule has 1 amide bonds. The zero-order chi connectivity index (χ0) is 15.8. The van der Waals surface area contributed by atoms with Crippen molar-refractivity contribution in [3.05, 3.63) is 28.2 Å². The Hall–Kier alpha value is -1.08. The van der Waals surface area contributed by atoms with E-state index in [1.165, 1.54) is 17.0 Å². The normalized spacial score (nSPS) is 19.7. The minimum Gasteiger partial charge on any atom is -0.311 e. The summed E-state index contributed by atoms with van der Waals surface area (Å²) in [5.41, 5.74) is -0.489. The van der Waals surface area contributed by atoms with E-state index >= 15 is 0 Å². The summed E-state index contributed by atoms with van der Waals surface area (Å²) in [7, 11) is 0. The Balaban J connectivity index is 2.26. The molecule has 1 aliphatic heterocycles.